The monoisotopic (exact) mass is 404 g/mol. The van der Waals surface area contributed by atoms with Crippen LogP contribution in [0.15, 0.2) is 48.5 Å². The van der Waals surface area contributed by atoms with E-state index in [4.69, 9.17) is 0 Å². The summed E-state index contributed by atoms with van der Waals surface area (Å²) in [6.45, 7) is 5.76. The predicted octanol–water partition coefficient (Wildman–Crippen LogP) is 4.04. The van der Waals surface area contributed by atoms with E-state index in [0.717, 1.165) is 5.39 Å². The van der Waals surface area contributed by atoms with Crippen molar-refractivity contribution < 1.29 is 14.5 Å². The number of nitrogens with one attached hydrogen (secondary N) is 1. The van der Waals surface area contributed by atoms with Gasteiger partial charge in [0.15, 0.2) is 0 Å². The van der Waals surface area contributed by atoms with Gasteiger partial charge in [0.25, 0.3) is 11.6 Å². The first-order valence-corrected chi connectivity index (χ1v) is 9.56. The summed E-state index contributed by atoms with van der Waals surface area (Å²) < 4.78 is 0. The molecule has 1 N–H and O–H groups in total. The molecule has 4 rings (SSSR count). The number of hydrogen-bond donors (Lipinski definition) is 1. The highest BCUT2D eigenvalue weighted by Crippen LogP contribution is 2.45. The van der Waals surface area contributed by atoms with E-state index in [-0.39, 0.29) is 23.0 Å². The maximum atomic E-state index is 12.8. The first-order chi connectivity index (χ1) is 14.2. The number of aromatic nitrogens is 1. The molecule has 0 spiro atoms. The van der Waals surface area contributed by atoms with E-state index in [0.29, 0.717) is 23.3 Å². The van der Waals surface area contributed by atoms with Crippen molar-refractivity contribution in [2.24, 2.45) is 0 Å². The molecule has 2 heterocycles. The van der Waals surface area contributed by atoms with Crippen LogP contribution in [-0.2, 0) is 10.2 Å². The normalized spacial score (nSPS) is 14.6. The van der Waals surface area contributed by atoms with E-state index in [2.05, 4.69) is 10.3 Å². The summed E-state index contributed by atoms with van der Waals surface area (Å²) in [5.41, 5.74) is 0.862. The number of fused-ring (bicyclic) bond motifs is 2. The molecule has 0 unspecified atom stereocenters. The minimum atomic E-state index is -0.846. The lowest BCUT2D eigenvalue weighted by atomic mass is 9.85. The van der Waals surface area contributed by atoms with Gasteiger partial charge < -0.3 is 10.2 Å². The number of hydrogen-bond acceptors (Lipinski definition) is 5. The molecular weight excluding hydrogens is 384 g/mol. The first kappa shape index (κ1) is 19.5. The van der Waals surface area contributed by atoms with Gasteiger partial charge in [-0.15, -0.1) is 0 Å². The summed E-state index contributed by atoms with van der Waals surface area (Å²) in [6.07, 6.45) is 0. The van der Waals surface area contributed by atoms with Gasteiger partial charge >= 0.3 is 0 Å². The molecule has 0 bridgehead atoms. The van der Waals surface area contributed by atoms with Gasteiger partial charge in [0, 0.05) is 18.0 Å². The Morgan fingerprint density at radius 2 is 1.93 bits per heavy atom. The van der Waals surface area contributed by atoms with Gasteiger partial charge in [0.2, 0.25) is 5.91 Å². The van der Waals surface area contributed by atoms with Crippen LogP contribution in [0.2, 0.25) is 0 Å². The number of likely N-dealkylation sites (N-methyl/N-ethyl adjacent to an activating group) is 1. The van der Waals surface area contributed by atoms with Crippen molar-refractivity contribution in [2.45, 2.75) is 26.2 Å². The Morgan fingerprint density at radius 1 is 1.20 bits per heavy atom. The summed E-state index contributed by atoms with van der Waals surface area (Å²) in [5.74, 6) is -0.688. The van der Waals surface area contributed by atoms with Crippen LogP contribution >= 0.6 is 0 Å². The van der Waals surface area contributed by atoms with E-state index in [1.54, 1.807) is 32.0 Å². The molecule has 1 aliphatic rings. The minimum absolute atomic E-state index is 0.0394. The number of rotatable bonds is 4. The SMILES string of the molecule is CCN1C(=O)C(C)(C)c2cc(NC(=O)c3ccc4ccccc4n3)c([N+](=O)[O-])cc21. The Morgan fingerprint density at radius 3 is 2.63 bits per heavy atom. The first-order valence-electron chi connectivity index (χ1n) is 9.56. The molecule has 3 aromatic rings. The maximum Gasteiger partial charge on any atom is 0.294 e. The Balaban J connectivity index is 1.77. The van der Waals surface area contributed by atoms with Gasteiger partial charge in [0.1, 0.15) is 11.4 Å². The Kier molecular flexibility index (Phi) is 4.49. The molecule has 2 aromatic carbocycles. The van der Waals surface area contributed by atoms with E-state index in [1.807, 2.05) is 25.1 Å². The molecule has 8 heteroatoms. The van der Waals surface area contributed by atoms with Crippen LogP contribution in [0.1, 0.15) is 36.8 Å². The third-order valence-electron chi connectivity index (χ3n) is 5.45. The number of para-hydroxylation sites is 1. The number of amides is 2. The van der Waals surface area contributed by atoms with Crippen molar-refractivity contribution >= 4 is 39.8 Å². The highest BCUT2D eigenvalue weighted by atomic mass is 16.6. The lowest BCUT2D eigenvalue weighted by Crippen LogP contribution is -2.35. The number of nitrogens with zero attached hydrogens (tertiary/aromatic N) is 3. The van der Waals surface area contributed by atoms with Gasteiger partial charge in [-0.05, 0) is 44.5 Å². The summed E-state index contributed by atoms with van der Waals surface area (Å²) in [6, 6.07) is 13.6. The van der Waals surface area contributed by atoms with Crippen LogP contribution in [0.5, 0.6) is 0 Å². The number of carbonyl (C=O) groups is 2. The third-order valence-corrected chi connectivity index (χ3v) is 5.45. The molecule has 0 atom stereocenters. The fourth-order valence-corrected chi connectivity index (χ4v) is 3.81. The van der Waals surface area contributed by atoms with Gasteiger partial charge in [-0.25, -0.2) is 4.98 Å². The Hall–Kier alpha value is -3.81. The van der Waals surface area contributed by atoms with Gasteiger partial charge in [-0.2, -0.15) is 0 Å². The topological polar surface area (TPSA) is 105 Å². The van der Waals surface area contributed by atoms with Crippen LogP contribution in [-0.4, -0.2) is 28.3 Å². The van der Waals surface area contributed by atoms with E-state index >= 15 is 0 Å². The number of pyridine rings is 1. The van der Waals surface area contributed by atoms with Gasteiger partial charge in [0.05, 0.1) is 21.5 Å². The fraction of sp³-hybridized carbons (Fsp3) is 0.227. The second-order valence-electron chi connectivity index (χ2n) is 7.66. The summed E-state index contributed by atoms with van der Waals surface area (Å²) in [7, 11) is 0. The smallest absolute Gasteiger partial charge is 0.294 e. The molecule has 30 heavy (non-hydrogen) atoms. The average molecular weight is 404 g/mol. The lowest BCUT2D eigenvalue weighted by Gasteiger charge is -2.18. The van der Waals surface area contributed by atoms with Crippen LogP contribution < -0.4 is 10.2 Å². The average Bonchev–Trinajstić information content (AvgIpc) is 2.92. The molecular formula is C22H20N4O4. The fourth-order valence-electron chi connectivity index (χ4n) is 3.81. The zero-order valence-corrected chi connectivity index (χ0v) is 16.8. The van der Waals surface area contributed by atoms with Crippen LogP contribution in [0, 0.1) is 10.1 Å². The standard InChI is InChI=1S/C22H20N4O4/c1-4-25-18-12-19(26(29)30)17(11-14(18)22(2,3)21(25)28)24-20(27)16-10-9-13-7-5-6-8-15(13)23-16/h5-12H,4H2,1-3H3,(H,24,27). The lowest BCUT2D eigenvalue weighted by molar-refractivity contribution is -0.383. The number of carbonyl (C=O) groups excluding carboxylic acids is 2. The molecule has 0 saturated heterocycles. The third kappa shape index (κ3) is 2.97. The summed E-state index contributed by atoms with van der Waals surface area (Å²) in [5, 5.41) is 15.2. The van der Waals surface area contributed by atoms with E-state index in [1.165, 1.54) is 17.0 Å². The quantitative estimate of drug-likeness (QED) is 0.522. The Labute approximate surface area is 172 Å². The number of anilines is 2. The van der Waals surface area contributed by atoms with E-state index in [9.17, 15) is 19.7 Å². The van der Waals surface area contributed by atoms with Crippen molar-refractivity contribution in [3.63, 3.8) is 0 Å². The summed E-state index contributed by atoms with van der Waals surface area (Å²) >= 11 is 0. The molecule has 0 radical (unpaired) electrons. The van der Waals surface area contributed by atoms with E-state index < -0.39 is 16.2 Å². The number of nitro groups is 1. The molecule has 1 aromatic heterocycles. The number of benzene rings is 2. The van der Waals surface area contributed by atoms with Crippen LogP contribution in [0.4, 0.5) is 17.1 Å². The summed E-state index contributed by atoms with van der Waals surface area (Å²) in [4.78, 5) is 42.5. The molecule has 8 nitrogen and oxygen atoms in total. The van der Waals surface area contributed by atoms with Crippen molar-refractivity contribution in [3.05, 3.63) is 69.9 Å². The van der Waals surface area contributed by atoms with Crippen LogP contribution in [0.25, 0.3) is 10.9 Å². The highest BCUT2D eigenvalue weighted by Gasteiger charge is 2.44. The zero-order chi connectivity index (χ0) is 21.6. The second kappa shape index (κ2) is 6.91. The minimum Gasteiger partial charge on any atom is -0.315 e. The molecule has 0 saturated carbocycles. The zero-order valence-electron chi connectivity index (χ0n) is 16.8. The second-order valence-corrected chi connectivity index (χ2v) is 7.66. The van der Waals surface area contributed by atoms with Gasteiger partial charge in [-0.1, -0.05) is 24.3 Å². The largest absolute Gasteiger partial charge is 0.315 e. The highest BCUT2D eigenvalue weighted by molar-refractivity contribution is 6.10. The maximum absolute atomic E-state index is 12.8. The molecule has 2 amide bonds. The van der Waals surface area contributed by atoms with Crippen molar-refractivity contribution in [1.29, 1.82) is 0 Å². The Bertz CT molecular complexity index is 1220. The molecule has 0 fully saturated rings. The molecule has 152 valence electrons. The molecule has 0 aliphatic carbocycles. The molecule has 1 aliphatic heterocycles. The predicted molar refractivity (Wildman–Crippen MR) is 114 cm³/mol. The van der Waals surface area contributed by atoms with Gasteiger partial charge in [-0.3, -0.25) is 19.7 Å². The number of nitro benzene ring substituents is 1. The van der Waals surface area contributed by atoms with Crippen molar-refractivity contribution in [3.8, 4) is 0 Å². The van der Waals surface area contributed by atoms with Crippen LogP contribution in [0.3, 0.4) is 0 Å². The van der Waals surface area contributed by atoms with Crippen molar-refractivity contribution in [2.75, 3.05) is 16.8 Å². The van der Waals surface area contributed by atoms with Crippen molar-refractivity contribution in [1.82, 2.24) is 4.98 Å².